The maximum atomic E-state index is 13.2. The molecule has 9 nitrogen and oxygen atoms in total. The van der Waals surface area contributed by atoms with Gasteiger partial charge in [-0.25, -0.2) is 8.42 Å². The van der Waals surface area contributed by atoms with Gasteiger partial charge in [-0.3, -0.25) is 19.5 Å². The molecule has 4 aromatic rings. The predicted molar refractivity (Wildman–Crippen MR) is 153 cm³/mol. The third-order valence-electron chi connectivity index (χ3n) is 7.01. The van der Waals surface area contributed by atoms with Crippen molar-refractivity contribution in [3.8, 4) is 39.6 Å². The number of nitrogens with one attached hydrogen (secondary N) is 2. The molecule has 0 fully saturated rings. The Balaban J connectivity index is 1.81. The largest absolute Gasteiger partial charge is 0.496 e. The number of fused-ring (bicyclic) bond motifs is 2. The van der Waals surface area contributed by atoms with E-state index in [2.05, 4.69) is 23.6 Å². The van der Waals surface area contributed by atoms with Gasteiger partial charge in [0.1, 0.15) is 11.5 Å². The Labute approximate surface area is 227 Å². The zero-order valence-electron chi connectivity index (χ0n) is 23.0. The standard InChI is InChI=1S/C29H31N3O6S/c1-15-10-18(32-39(7,34)35)11-16(2)22(15)17-12-20-25(30-13-17)23(19-8-9-21(36-5)31-28(19)33)27-24(26(20)37-6)29(3,4)14-38-27/h8-13,32H,14H2,1-7H3,(H,31,33). The van der Waals surface area contributed by atoms with E-state index in [0.29, 0.717) is 46.3 Å². The summed E-state index contributed by atoms with van der Waals surface area (Å²) in [6, 6.07) is 9.02. The van der Waals surface area contributed by atoms with Crippen LogP contribution >= 0.6 is 0 Å². The molecule has 0 saturated carbocycles. The number of anilines is 1. The number of nitrogens with zero attached hydrogens (tertiary/aromatic N) is 1. The fraction of sp³-hybridized carbons (Fsp3) is 0.310. The zero-order chi connectivity index (χ0) is 28.3. The lowest BCUT2D eigenvalue weighted by Crippen LogP contribution is -2.19. The Bertz CT molecular complexity index is 1790. The lowest BCUT2D eigenvalue weighted by atomic mass is 9.82. The van der Waals surface area contributed by atoms with Gasteiger partial charge in [0.2, 0.25) is 10.0 Å². The minimum absolute atomic E-state index is 0.317. The zero-order valence-corrected chi connectivity index (χ0v) is 23.8. The summed E-state index contributed by atoms with van der Waals surface area (Å²) in [5, 5.41) is 0.745. The number of hydrogen-bond acceptors (Lipinski definition) is 7. The first-order valence-corrected chi connectivity index (χ1v) is 14.3. The number of ether oxygens (including phenoxy) is 3. The van der Waals surface area contributed by atoms with Crippen molar-refractivity contribution in [2.24, 2.45) is 0 Å². The molecule has 3 heterocycles. The van der Waals surface area contributed by atoms with Crippen molar-refractivity contribution in [3.63, 3.8) is 0 Å². The Morgan fingerprint density at radius 3 is 2.33 bits per heavy atom. The molecule has 0 radical (unpaired) electrons. The fourth-order valence-electron chi connectivity index (χ4n) is 5.45. The summed E-state index contributed by atoms with van der Waals surface area (Å²) < 4.78 is 43.5. The van der Waals surface area contributed by atoms with Crippen LogP contribution in [0.25, 0.3) is 33.2 Å². The van der Waals surface area contributed by atoms with Crippen molar-refractivity contribution in [3.05, 3.63) is 63.6 Å². The first-order valence-electron chi connectivity index (χ1n) is 12.4. The van der Waals surface area contributed by atoms with Gasteiger partial charge in [-0.05, 0) is 60.9 Å². The highest BCUT2D eigenvalue weighted by molar-refractivity contribution is 7.92. The van der Waals surface area contributed by atoms with E-state index in [1.165, 1.54) is 7.11 Å². The van der Waals surface area contributed by atoms with Crippen LogP contribution in [0.5, 0.6) is 17.4 Å². The summed E-state index contributed by atoms with van der Waals surface area (Å²) in [7, 11) is -0.292. The van der Waals surface area contributed by atoms with Crippen molar-refractivity contribution in [1.29, 1.82) is 0 Å². The van der Waals surface area contributed by atoms with Crippen LogP contribution in [-0.2, 0) is 15.4 Å². The van der Waals surface area contributed by atoms with Crippen molar-refractivity contribution < 1.29 is 22.6 Å². The molecule has 2 aromatic carbocycles. The molecule has 10 heteroatoms. The number of hydrogen-bond donors (Lipinski definition) is 2. The summed E-state index contributed by atoms with van der Waals surface area (Å²) >= 11 is 0. The number of rotatable bonds is 6. The first-order chi connectivity index (χ1) is 18.3. The molecule has 0 bridgehead atoms. The third kappa shape index (κ3) is 4.58. The summed E-state index contributed by atoms with van der Waals surface area (Å²) in [5.41, 5.74) is 5.83. The highest BCUT2D eigenvalue weighted by Crippen LogP contribution is 2.53. The predicted octanol–water partition coefficient (Wildman–Crippen LogP) is 4.93. The number of methoxy groups -OCH3 is 2. The topological polar surface area (TPSA) is 120 Å². The van der Waals surface area contributed by atoms with E-state index in [4.69, 9.17) is 19.2 Å². The minimum atomic E-state index is -3.41. The number of H-pyrrole nitrogens is 1. The molecule has 1 aliphatic heterocycles. The summed E-state index contributed by atoms with van der Waals surface area (Å²) in [6.45, 7) is 8.44. The number of pyridine rings is 2. The van der Waals surface area contributed by atoms with Gasteiger partial charge < -0.3 is 14.2 Å². The Morgan fingerprint density at radius 2 is 1.74 bits per heavy atom. The SMILES string of the molecule is COc1ccc(-c2c3c(c(OC)c4cc(-c5c(C)cc(NS(C)(=O)=O)cc5C)cnc24)C(C)(C)CO3)c(=O)[nH]1. The Kier molecular flexibility index (Phi) is 6.33. The lowest BCUT2D eigenvalue weighted by Gasteiger charge is -2.22. The van der Waals surface area contributed by atoms with Crippen LogP contribution in [0, 0.1) is 13.8 Å². The first kappa shape index (κ1) is 26.6. The average molecular weight is 550 g/mol. The van der Waals surface area contributed by atoms with Crippen LogP contribution in [0.2, 0.25) is 0 Å². The summed E-state index contributed by atoms with van der Waals surface area (Å²) in [4.78, 5) is 20.8. The average Bonchev–Trinajstić information content (AvgIpc) is 3.16. The van der Waals surface area contributed by atoms with Gasteiger partial charge in [-0.2, -0.15) is 0 Å². The molecule has 0 atom stereocenters. The monoisotopic (exact) mass is 549 g/mol. The van der Waals surface area contributed by atoms with Crippen LogP contribution in [0.1, 0.15) is 30.5 Å². The van der Waals surface area contributed by atoms with Gasteiger partial charge >= 0.3 is 0 Å². The number of sulfonamides is 1. The van der Waals surface area contributed by atoms with Crippen LogP contribution in [0.4, 0.5) is 5.69 Å². The Hall–Kier alpha value is -4.05. The van der Waals surface area contributed by atoms with Crippen molar-refractivity contribution in [2.75, 3.05) is 31.8 Å². The van der Waals surface area contributed by atoms with E-state index in [-0.39, 0.29) is 11.0 Å². The quantitative estimate of drug-likeness (QED) is 0.350. The molecule has 1 aliphatic rings. The molecule has 0 amide bonds. The van der Waals surface area contributed by atoms with Gasteiger partial charge in [0.05, 0.1) is 43.7 Å². The van der Waals surface area contributed by atoms with Crippen LogP contribution in [0.3, 0.4) is 0 Å². The van der Waals surface area contributed by atoms with Crippen molar-refractivity contribution in [1.82, 2.24) is 9.97 Å². The third-order valence-corrected chi connectivity index (χ3v) is 7.61. The number of aryl methyl sites for hydroxylation is 2. The second-order valence-electron chi connectivity index (χ2n) is 10.5. The number of aromatic nitrogens is 2. The molecular weight excluding hydrogens is 518 g/mol. The van der Waals surface area contributed by atoms with E-state index < -0.39 is 10.0 Å². The lowest BCUT2D eigenvalue weighted by molar-refractivity contribution is 0.290. The highest BCUT2D eigenvalue weighted by Gasteiger charge is 2.40. The van der Waals surface area contributed by atoms with E-state index in [1.807, 2.05) is 19.9 Å². The molecular formula is C29H31N3O6S. The minimum Gasteiger partial charge on any atom is -0.496 e. The normalized spacial score (nSPS) is 14.1. The van der Waals surface area contributed by atoms with E-state index in [0.717, 1.165) is 39.5 Å². The maximum absolute atomic E-state index is 13.2. The van der Waals surface area contributed by atoms with Gasteiger partial charge in [-0.15, -0.1) is 0 Å². The summed E-state index contributed by atoms with van der Waals surface area (Å²) in [6.07, 6.45) is 2.88. The van der Waals surface area contributed by atoms with Gasteiger partial charge in [0.15, 0.2) is 5.88 Å². The second-order valence-corrected chi connectivity index (χ2v) is 12.3. The molecule has 2 aromatic heterocycles. The van der Waals surface area contributed by atoms with E-state index in [9.17, 15) is 13.2 Å². The molecule has 0 aliphatic carbocycles. The van der Waals surface area contributed by atoms with Crippen LogP contribution in [0.15, 0.2) is 41.3 Å². The smallest absolute Gasteiger partial charge is 0.258 e. The maximum Gasteiger partial charge on any atom is 0.258 e. The van der Waals surface area contributed by atoms with Crippen LogP contribution < -0.4 is 24.5 Å². The second kappa shape index (κ2) is 9.30. The number of benzene rings is 2. The Morgan fingerprint density at radius 1 is 1.05 bits per heavy atom. The van der Waals surface area contributed by atoms with Gasteiger partial charge in [0, 0.05) is 33.8 Å². The molecule has 5 rings (SSSR count). The molecule has 0 saturated heterocycles. The van der Waals surface area contributed by atoms with Crippen molar-refractivity contribution in [2.45, 2.75) is 33.1 Å². The number of aromatic amines is 1. The molecule has 0 unspecified atom stereocenters. The van der Waals surface area contributed by atoms with Crippen LogP contribution in [-0.4, -0.2) is 45.5 Å². The summed E-state index contributed by atoms with van der Waals surface area (Å²) in [5.74, 6) is 1.59. The van der Waals surface area contributed by atoms with Gasteiger partial charge in [0.25, 0.3) is 5.56 Å². The molecule has 204 valence electrons. The molecule has 2 N–H and O–H groups in total. The molecule has 0 spiro atoms. The van der Waals surface area contributed by atoms with Gasteiger partial charge in [-0.1, -0.05) is 13.8 Å². The van der Waals surface area contributed by atoms with E-state index >= 15 is 0 Å². The highest BCUT2D eigenvalue weighted by atomic mass is 32.2. The van der Waals surface area contributed by atoms with E-state index in [1.54, 1.807) is 37.6 Å². The fourth-order valence-corrected chi connectivity index (χ4v) is 6.00. The van der Waals surface area contributed by atoms with Crippen molar-refractivity contribution >= 4 is 26.6 Å². The molecule has 39 heavy (non-hydrogen) atoms.